The van der Waals surface area contributed by atoms with Crippen LogP contribution >= 0.6 is 11.6 Å². The zero-order chi connectivity index (χ0) is 15.0. The van der Waals surface area contributed by atoms with E-state index in [4.69, 9.17) is 11.6 Å². The molecule has 0 aliphatic carbocycles. The predicted octanol–water partition coefficient (Wildman–Crippen LogP) is 3.97. The third-order valence-electron chi connectivity index (χ3n) is 3.62. The van der Waals surface area contributed by atoms with Crippen LogP contribution in [0.3, 0.4) is 0 Å². The molecule has 2 aromatic rings. The molecule has 1 aliphatic rings. The molecule has 0 fully saturated rings. The molecular formula is C15H14ClN3O2. The highest BCUT2D eigenvalue weighted by molar-refractivity contribution is 6.29. The third-order valence-corrected chi connectivity index (χ3v) is 3.83. The van der Waals surface area contributed by atoms with Crippen molar-refractivity contribution in [3.63, 3.8) is 0 Å². The van der Waals surface area contributed by atoms with Gasteiger partial charge in [0.05, 0.1) is 4.92 Å². The van der Waals surface area contributed by atoms with Gasteiger partial charge >= 0.3 is 5.69 Å². The van der Waals surface area contributed by atoms with E-state index in [1.165, 1.54) is 17.7 Å². The van der Waals surface area contributed by atoms with Gasteiger partial charge in [-0.15, -0.1) is 0 Å². The topological polar surface area (TPSA) is 59.3 Å². The summed E-state index contributed by atoms with van der Waals surface area (Å²) < 4.78 is 0. The number of aromatic nitrogens is 1. The lowest BCUT2D eigenvalue weighted by atomic mass is 9.94. The molecule has 108 valence electrons. The average Bonchev–Trinajstić information content (AvgIpc) is 2.45. The van der Waals surface area contributed by atoms with E-state index in [-0.39, 0.29) is 10.8 Å². The van der Waals surface area contributed by atoms with Crippen molar-refractivity contribution in [1.29, 1.82) is 0 Å². The van der Waals surface area contributed by atoms with Crippen LogP contribution in [0.5, 0.6) is 0 Å². The predicted molar refractivity (Wildman–Crippen MR) is 82.2 cm³/mol. The normalized spacial score (nSPS) is 17.4. The second-order valence-electron chi connectivity index (χ2n) is 5.28. The van der Waals surface area contributed by atoms with Crippen molar-refractivity contribution in [3.8, 4) is 0 Å². The van der Waals surface area contributed by atoms with Gasteiger partial charge in [-0.1, -0.05) is 36.7 Å². The first-order valence-corrected chi connectivity index (χ1v) is 7.10. The number of nitrogens with zero attached hydrogens (tertiary/aromatic N) is 3. The van der Waals surface area contributed by atoms with E-state index in [2.05, 4.69) is 11.9 Å². The summed E-state index contributed by atoms with van der Waals surface area (Å²) in [5.41, 5.74) is 2.11. The Balaban J connectivity index is 2.17. The van der Waals surface area contributed by atoms with Crippen LogP contribution in [0.15, 0.2) is 36.4 Å². The number of pyridine rings is 1. The summed E-state index contributed by atoms with van der Waals surface area (Å²) in [5, 5.41) is 11.5. The zero-order valence-corrected chi connectivity index (χ0v) is 12.2. The summed E-state index contributed by atoms with van der Waals surface area (Å²) in [4.78, 5) is 16.9. The maximum Gasteiger partial charge on any atom is 0.312 e. The Morgan fingerprint density at radius 2 is 2.10 bits per heavy atom. The first-order chi connectivity index (χ1) is 10.1. The fourth-order valence-corrected chi connectivity index (χ4v) is 2.90. The van der Waals surface area contributed by atoms with Gasteiger partial charge < -0.3 is 4.90 Å². The average molecular weight is 304 g/mol. The molecule has 21 heavy (non-hydrogen) atoms. The number of nitro groups is 1. The van der Waals surface area contributed by atoms with Gasteiger partial charge in [-0.05, 0) is 30.0 Å². The summed E-state index contributed by atoms with van der Waals surface area (Å²) in [5.74, 6) is 0.701. The minimum atomic E-state index is -0.416. The van der Waals surface area contributed by atoms with Crippen LogP contribution in [-0.4, -0.2) is 16.5 Å². The lowest BCUT2D eigenvalue weighted by Crippen LogP contribution is -2.31. The second kappa shape index (κ2) is 5.33. The summed E-state index contributed by atoms with van der Waals surface area (Å²) in [6.45, 7) is 2.81. The van der Waals surface area contributed by atoms with Gasteiger partial charge in [0, 0.05) is 18.3 Å². The standard InChI is InChI=1S/C15H14ClN3O2/c1-10-8-11-4-2-3-5-12(11)18(9-10)15-13(19(20)21)6-7-14(16)17-15/h2-7,10H,8-9H2,1H3. The van der Waals surface area contributed by atoms with Gasteiger partial charge in [-0.2, -0.15) is 0 Å². The van der Waals surface area contributed by atoms with E-state index >= 15 is 0 Å². The number of hydrogen-bond acceptors (Lipinski definition) is 4. The van der Waals surface area contributed by atoms with E-state index in [0.717, 1.165) is 12.1 Å². The van der Waals surface area contributed by atoms with E-state index < -0.39 is 4.92 Å². The molecule has 0 saturated carbocycles. The molecule has 1 unspecified atom stereocenters. The van der Waals surface area contributed by atoms with Crippen molar-refractivity contribution in [2.24, 2.45) is 5.92 Å². The molecule has 2 heterocycles. The third kappa shape index (κ3) is 2.56. The number of anilines is 2. The molecule has 0 amide bonds. The number of fused-ring (bicyclic) bond motifs is 1. The van der Waals surface area contributed by atoms with Crippen molar-refractivity contribution in [2.75, 3.05) is 11.4 Å². The van der Waals surface area contributed by atoms with Crippen molar-refractivity contribution in [1.82, 2.24) is 4.98 Å². The first-order valence-electron chi connectivity index (χ1n) is 6.72. The maximum absolute atomic E-state index is 11.3. The zero-order valence-electron chi connectivity index (χ0n) is 11.5. The summed E-state index contributed by atoms with van der Waals surface area (Å²) >= 11 is 5.94. The molecule has 5 nitrogen and oxygen atoms in total. The fraction of sp³-hybridized carbons (Fsp3) is 0.267. The lowest BCUT2D eigenvalue weighted by molar-refractivity contribution is -0.384. The highest BCUT2D eigenvalue weighted by atomic mass is 35.5. The van der Waals surface area contributed by atoms with Gasteiger partial charge in [-0.25, -0.2) is 4.98 Å². The van der Waals surface area contributed by atoms with Crippen LogP contribution in [0.1, 0.15) is 12.5 Å². The summed E-state index contributed by atoms with van der Waals surface area (Å²) in [6.07, 6.45) is 0.959. The van der Waals surface area contributed by atoms with E-state index in [1.54, 1.807) is 0 Å². The summed E-state index contributed by atoms with van der Waals surface area (Å²) in [7, 11) is 0. The highest BCUT2D eigenvalue weighted by Crippen LogP contribution is 2.38. The second-order valence-corrected chi connectivity index (χ2v) is 5.67. The number of hydrogen-bond donors (Lipinski definition) is 0. The molecule has 0 spiro atoms. The van der Waals surface area contributed by atoms with E-state index in [1.807, 2.05) is 29.2 Å². The van der Waals surface area contributed by atoms with Crippen molar-refractivity contribution in [2.45, 2.75) is 13.3 Å². The Labute approximate surface area is 127 Å². The summed E-state index contributed by atoms with van der Waals surface area (Å²) in [6, 6.07) is 10.8. The van der Waals surface area contributed by atoms with Crippen molar-refractivity contribution >= 4 is 28.8 Å². The van der Waals surface area contributed by atoms with Crippen LogP contribution in [0, 0.1) is 16.0 Å². The molecular weight excluding hydrogens is 290 g/mol. The number of rotatable bonds is 2. The monoisotopic (exact) mass is 303 g/mol. The maximum atomic E-state index is 11.3. The molecule has 1 aromatic heterocycles. The minimum Gasteiger partial charge on any atom is -0.320 e. The molecule has 0 saturated heterocycles. The Hall–Kier alpha value is -2.14. The van der Waals surface area contributed by atoms with Gasteiger partial charge in [0.25, 0.3) is 0 Å². The molecule has 0 N–H and O–H groups in total. The van der Waals surface area contributed by atoms with Crippen LogP contribution in [0.4, 0.5) is 17.2 Å². The molecule has 6 heteroatoms. The number of benzene rings is 1. The molecule has 0 bridgehead atoms. The van der Waals surface area contributed by atoms with Crippen molar-refractivity contribution < 1.29 is 4.92 Å². The van der Waals surface area contributed by atoms with Crippen LogP contribution < -0.4 is 4.90 Å². The first kappa shape index (κ1) is 13.8. The van der Waals surface area contributed by atoms with Gasteiger partial charge in [0.1, 0.15) is 5.15 Å². The van der Waals surface area contributed by atoms with Crippen LogP contribution in [0.25, 0.3) is 0 Å². The van der Waals surface area contributed by atoms with Gasteiger partial charge in [0.2, 0.25) is 5.82 Å². The van der Waals surface area contributed by atoms with Crippen LogP contribution in [0.2, 0.25) is 5.15 Å². The Morgan fingerprint density at radius 3 is 2.86 bits per heavy atom. The van der Waals surface area contributed by atoms with Gasteiger partial charge in [0.15, 0.2) is 0 Å². The SMILES string of the molecule is CC1Cc2ccccc2N(c2nc(Cl)ccc2[N+](=O)[O-])C1. The highest BCUT2D eigenvalue weighted by Gasteiger charge is 2.29. The molecule has 1 aromatic carbocycles. The lowest BCUT2D eigenvalue weighted by Gasteiger charge is -2.33. The van der Waals surface area contributed by atoms with Gasteiger partial charge in [-0.3, -0.25) is 10.1 Å². The number of halogens is 1. The molecule has 1 atom stereocenters. The molecule has 1 aliphatic heterocycles. The minimum absolute atomic E-state index is 0.0247. The van der Waals surface area contributed by atoms with E-state index in [0.29, 0.717) is 18.3 Å². The quantitative estimate of drug-likeness (QED) is 0.478. The molecule has 3 rings (SSSR count). The van der Waals surface area contributed by atoms with E-state index in [9.17, 15) is 10.1 Å². The smallest absolute Gasteiger partial charge is 0.312 e. The molecule has 0 radical (unpaired) electrons. The fourth-order valence-electron chi connectivity index (χ4n) is 2.76. The Kier molecular flexibility index (Phi) is 3.51. The Morgan fingerprint density at radius 1 is 1.33 bits per heavy atom. The Bertz CT molecular complexity index is 705. The largest absolute Gasteiger partial charge is 0.320 e. The van der Waals surface area contributed by atoms with Crippen LogP contribution in [-0.2, 0) is 6.42 Å². The number of para-hydroxylation sites is 1. The van der Waals surface area contributed by atoms with Crippen molar-refractivity contribution in [3.05, 3.63) is 57.2 Å².